The summed E-state index contributed by atoms with van der Waals surface area (Å²) < 4.78 is 45.2. The molecule has 58 heavy (non-hydrogen) atoms. The monoisotopic (exact) mass is 743 g/mol. The summed E-state index contributed by atoms with van der Waals surface area (Å²) in [6.07, 6.45) is 0. The number of fused-ring (bicyclic) bond motifs is 6. The maximum Gasteiger partial charge on any atom is 0.143 e. The third-order valence-corrected chi connectivity index (χ3v) is 11.1. The number of anilines is 3. The first-order valence-electron chi connectivity index (χ1n) is 21.5. The molecule has 0 amide bonds. The van der Waals surface area contributed by atoms with Crippen LogP contribution in [0.4, 0.5) is 17.1 Å². The van der Waals surface area contributed by atoms with Gasteiger partial charge in [0.1, 0.15) is 11.2 Å². The lowest BCUT2D eigenvalue weighted by atomic mass is 9.93. The zero-order valence-corrected chi connectivity index (χ0v) is 31.4. The number of para-hydroxylation sites is 2. The third kappa shape index (κ3) is 5.82. The first kappa shape index (κ1) is 29.6. The highest BCUT2D eigenvalue weighted by atomic mass is 16.3. The third-order valence-electron chi connectivity index (χ3n) is 11.1. The molecule has 0 aliphatic carbocycles. The summed E-state index contributed by atoms with van der Waals surface area (Å²) in [7, 11) is 0. The molecule has 0 aliphatic rings. The Hall–Kier alpha value is -7.68. The minimum absolute atomic E-state index is 0.114. The largest absolute Gasteiger partial charge is 0.455 e. The molecule has 0 N–H and O–H groups in total. The van der Waals surface area contributed by atoms with E-state index in [0.717, 1.165) is 76.9 Å². The van der Waals surface area contributed by atoms with Crippen LogP contribution in [0.25, 0.3) is 88.0 Å². The summed E-state index contributed by atoms with van der Waals surface area (Å²) in [5.41, 5.74) is 9.95. The van der Waals surface area contributed by atoms with E-state index in [4.69, 9.17) is 4.42 Å². The molecule has 0 fully saturated rings. The average molecular weight is 744 g/mol. The zero-order valence-electron chi connectivity index (χ0n) is 35.4. The maximum absolute atomic E-state index is 9.75. The summed E-state index contributed by atoms with van der Waals surface area (Å²) in [5, 5.41) is 6.26. The molecule has 0 aliphatic heterocycles. The number of hydrogen-bond donors (Lipinski definition) is 0. The predicted molar refractivity (Wildman–Crippen MR) is 245 cm³/mol. The molecule has 0 radical (unpaired) electrons. The van der Waals surface area contributed by atoms with E-state index in [-0.39, 0.29) is 35.4 Å². The Kier molecular flexibility index (Phi) is 7.20. The summed E-state index contributed by atoms with van der Waals surface area (Å²) >= 11 is 0. The molecule has 0 saturated heterocycles. The van der Waals surface area contributed by atoms with Gasteiger partial charge in [-0.15, -0.1) is 0 Å². The van der Waals surface area contributed by atoms with Crippen LogP contribution in [-0.4, -0.2) is 0 Å². The second kappa shape index (κ2) is 14.1. The highest BCUT2D eigenvalue weighted by Crippen LogP contribution is 2.47. The molecule has 0 atom stereocenters. The smallest absolute Gasteiger partial charge is 0.143 e. The molecule has 11 aromatic rings. The normalized spacial score (nSPS) is 12.4. The average Bonchev–Trinajstić information content (AvgIpc) is 3.73. The zero-order chi connectivity index (χ0) is 41.9. The fourth-order valence-corrected chi connectivity index (χ4v) is 8.35. The Morgan fingerprint density at radius 1 is 0.362 bits per heavy atom. The second-order valence-electron chi connectivity index (χ2n) is 14.5. The molecule has 0 spiro atoms. The fourth-order valence-electron chi connectivity index (χ4n) is 8.35. The van der Waals surface area contributed by atoms with Gasteiger partial charge in [-0.1, -0.05) is 182 Å². The van der Waals surface area contributed by atoms with E-state index in [2.05, 4.69) is 78.9 Å². The van der Waals surface area contributed by atoms with E-state index in [1.165, 1.54) is 0 Å². The van der Waals surface area contributed by atoms with Crippen molar-refractivity contribution in [1.82, 2.24) is 0 Å². The van der Waals surface area contributed by atoms with E-state index in [1.807, 2.05) is 126 Å². The molecule has 272 valence electrons. The molecule has 1 heterocycles. The number of nitrogens with zero attached hydrogens (tertiary/aromatic N) is 1. The molecular weight excluding hydrogens is 703 g/mol. The highest BCUT2D eigenvalue weighted by molar-refractivity contribution is 6.22. The van der Waals surface area contributed by atoms with E-state index < -0.39 is 0 Å². The van der Waals surface area contributed by atoms with E-state index in [0.29, 0.717) is 16.9 Å². The van der Waals surface area contributed by atoms with Gasteiger partial charge < -0.3 is 9.32 Å². The van der Waals surface area contributed by atoms with E-state index >= 15 is 0 Å². The predicted octanol–water partition coefficient (Wildman–Crippen LogP) is 16.0. The van der Waals surface area contributed by atoms with E-state index in [1.54, 1.807) is 0 Å². The van der Waals surface area contributed by atoms with Crippen molar-refractivity contribution in [3.05, 3.63) is 224 Å². The summed E-state index contributed by atoms with van der Waals surface area (Å²) in [6.45, 7) is 0. The SMILES string of the molecule is [2H]c1c([2H])c(N(c2ccc(-c3cccc4ccccc34)cc2)c2ccccc2-c2cc3ccccc3c3oc4ccccc4c23)c([2H])c([2H])c1-c1ccc(-c2ccccc2)cc1. The minimum Gasteiger partial charge on any atom is -0.455 e. The lowest BCUT2D eigenvalue weighted by Crippen LogP contribution is -2.11. The van der Waals surface area contributed by atoms with Gasteiger partial charge in [0.15, 0.2) is 0 Å². The second-order valence-corrected chi connectivity index (χ2v) is 14.5. The lowest BCUT2D eigenvalue weighted by molar-refractivity contribution is 0.673. The van der Waals surface area contributed by atoms with Crippen LogP contribution < -0.4 is 4.90 Å². The van der Waals surface area contributed by atoms with Crippen LogP contribution in [0.15, 0.2) is 229 Å². The van der Waals surface area contributed by atoms with Crippen molar-refractivity contribution in [3.8, 4) is 44.5 Å². The molecule has 0 unspecified atom stereocenters. The Morgan fingerprint density at radius 3 is 1.72 bits per heavy atom. The molecule has 1 aromatic heterocycles. The molecular formula is C56H37NO. The molecule has 11 rings (SSSR count). The first-order valence-corrected chi connectivity index (χ1v) is 19.5. The van der Waals surface area contributed by atoms with Gasteiger partial charge in [-0.3, -0.25) is 0 Å². The van der Waals surface area contributed by atoms with Crippen LogP contribution in [0.2, 0.25) is 0 Å². The number of rotatable bonds is 7. The Morgan fingerprint density at radius 2 is 0.931 bits per heavy atom. The van der Waals surface area contributed by atoms with Gasteiger partial charge in [-0.25, -0.2) is 0 Å². The van der Waals surface area contributed by atoms with Crippen LogP contribution in [0.3, 0.4) is 0 Å². The first-order chi connectivity index (χ1) is 30.4. The quantitative estimate of drug-likeness (QED) is 0.162. The van der Waals surface area contributed by atoms with Gasteiger partial charge in [0.05, 0.1) is 11.2 Å². The van der Waals surface area contributed by atoms with Gasteiger partial charge in [-0.05, 0) is 97.5 Å². The van der Waals surface area contributed by atoms with Crippen molar-refractivity contribution in [2.75, 3.05) is 4.90 Å². The molecule has 10 aromatic carbocycles. The topological polar surface area (TPSA) is 16.4 Å². The van der Waals surface area contributed by atoms with Gasteiger partial charge in [0.2, 0.25) is 0 Å². The standard InChI is InChI=1S/C56H37NO/c1-2-13-38(14-3-1)39-25-27-40(28-26-39)41-29-33-45(34-30-41)57(46-35-31-43(32-36-46)48-22-12-17-42-15-4-6-18-47(42)48)53-23-10-8-20-50(53)52-37-44-16-5-7-19-49(44)56-55(52)51-21-9-11-24-54(51)58-56/h1-37H/i29D,30D,33D,34D. The van der Waals surface area contributed by atoms with Crippen LogP contribution in [0.1, 0.15) is 5.48 Å². The number of hydrogen-bond acceptors (Lipinski definition) is 2. The highest BCUT2D eigenvalue weighted by Gasteiger charge is 2.22. The van der Waals surface area contributed by atoms with Crippen LogP contribution >= 0.6 is 0 Å². The maximum atomic E-state index is 9.75. The lowest BCUT2D eigenvalue weighted by Gasteiger charge is -2.28. The summed E-state index contributed by atoms with van der Waals surface area (Å²) in [5.74, 6) is 0. The minimum atomic E-state index is -0.140. The van der Waals surface area contributed by atoms with Crippen molar-refractivity contribution in [2.45, 2.75) is 0 Å². The summed E-state index contributed by atoms with van der Waals surface area (Å²) in [4.78, 5) is 1.90. The van der Waals surface area contributed by atoms with Crippen LogP contribution in [0.5, 0.6) is 0 Å². The van der Waals surface area contributed by atoms with Crippen LogP contribution in [0, 0.1) is 0 Å². The van der Waals surface area contributed by atoms with Gasteiger partial charge >= 0.3 is 0 Å². The number of furan rings is 1. The van der Waals surface area contributed by atoms with Gasteiger partial charge in [-0.2, -0.15) is 0 Å². The van der Waals surface area contributed by atoms with Gasteiger partial charge in [0, 0.05) is 33.1 Å². The molecule has 0 bridgehead atoms. The van der Waals surface area contributed by atoms with Crippen molar-refractivity contribution >= 4 is 60.5 Å². The Balaban J connectivity index is 1.14. The van der Waals surface area contributed by atoms with Crippen molar-refractivity contribution in [1.29, 1.82) is 0 Å². The molecule has 0 saturated carbocycles. The van der Waals surface area contributed by atoms with E-state index in [9.17, 15) is 5.48 Å². The molecule has 2 nitrogen and oxygen atoms in total. The van der Waals surface area contributed by atoms with Crippen molar-refractivity contribution in [3.63, 3.8) is 0 Å². The van der Waals surface area contributed by atoms with Crippen molar-refractivity contribution < 1.29 is 9.90 Å². The molecule has 2 heteroatoms. The summed E-state index contributed by atoms with van der Waals surface area (Å²) in [6, 6.07) is 66.6. The Bertz CT molecular complexity index is 3470. The van der Waals surface area contributed by atoms with Crippen molar-refractivity contribution in [2.24, 2.45) is 0 Å². The van der Waals surface area contributed by atoms with Crippen LogP contribution in [-0.2, 0) is 0 Å². The Labute approximate surface area is 343 Å². The number of benzene rings is 10. The van der Waals surface area contributed by atoms with Gasteiger partial charge in [0.25, 0.3) is 0 Å². The fraction of sp³-hybridized carbons (Fsp3) is 0.